The maximum absolute atomic E-state index is 13.5. The second-order valence-corrected chi connectivity index (χ2v) is 8.12. The van der Waals surface area contributed by atoms with E-state index in [1.54, 1.807) is 24.3 Å². The second-order valence-electron chi connectivity index (χ2n) is 8.12. The van der Waals surface area contributed by atoms with Gasteiger partial charge in [-0.1, -0.05) is 36.4 Å². The molecule has 172 valence electrons. The Kier molecular flexibility index (Phi) is 6.42. The van der Waals surface area contributed by atoms with Gasteiger partial charge in [0.2, 0.25) is 0 Å². The van der Waals surface area contributed by atoms with Crippen LogP contribution in [-0.4, -0.2) is 13.1 Å². The maximum Gasteiger partial charge on any atom is 0.416 e. The highest BCUT2D eigenvalue weighted by Crippen LogP contribution is 2.44. The maximum atomic E-state index is 13.5. The first kappa shape index (κ1) is 22.9. The lowest BCUT2D eigenvalue weighted by Gasteiger charge is -2.24. The van der Waals surface area contributed by atoms with Crippen LogP contribution in [0.2, 0.25) is 0 Å². The number of carbonyl (C=O) groups excluding carboxylic acids is 1. The van der Waals surface area contributed by atoms with Crippen LogP contribution >= 0.6 is 0 Å². The fourth-order valence-electron chi connectivity index (χ4n) is 4.34. The number of fused-ring (bicyclic) bond motifs is 1. The minimum atomic E-state index is -4.50. The van der Waals surface area contributed by atoms with Crippen molar-refractivity contribution < 1.29 is 27.4 Å². The van der Waals surface area contributed by atoms with Crippen molar-refractivity contribution in [3.05, 3.63) is 94.5 Å². The van der Waals surface area contributed by atoms with E-state index in [0.717, 1.165) is 30.5 Å². The van der Waals surface area contributed by atoms with Crippen LogP contribution in [0.25, 0.3) is 0 Å². The molecule has 33 heavy (non-hydrogen) atoms. The number of hydrogen-bond donors (Lipinski definition) is 1. The molecule has 0 fully saturated rings. The normalized spacial score (nSPS) is 16.2. The summed E-state index contributed by atoms with van der Waals surface area (Å²) in [6, 6.07) is 17.4. The Morgan fingerprint density at radius 1 is 1.09 bits per heavy atom. The van der Waals surface area contributed by atoms with Gasteiger partial charge in [-0.2, -0.15) is 13.2 Å². The Bertz CT molecular complexity index is 1160. The van der Waals surface area contributed by atoms with Gasteiger partial charge in [0.1, 0.15) is 11.5 Å². The van der Waals surface area contributed by atoms with Crippen molar-refractivity contribution >= 4 is 5.97 Å². The van der Waals surface area contributed by atoms with Crippen LogP contribution < -0.4 is 10.5 Å². The molecule has 0 amide bonds. The van der Waals surface area contributed by atoms with Gasteiger partial charge in [0.15, 0.2) is 0 Å². The van der Waals surface area contributed by atoms with Gasteiger partial charge in [-0.25, -0.2) is 0 Å². The lowest BCUT2D eigenvalue weighted by atomic mass is 9.87. The van der Waals surface area contributed by atoms with Crippen LogP contribution in [0.4, 0.5) is 13.2 Å². The average Bonchev–Trinajstić information content (AvgIpc) is 3.22. The van der Waals surface area contributed by atoms with Gasteiger partial charge < -0.3 is 15.2 Å². The molecule has 2 atom stereocenters. The molecule has 0 saturated heterocycles. The molecule has 1 aliphatic rings. The molecule has 0 aromatic heterocycles. The molecule has 0 spiro atoms. The van der Waals surface area contributed by atoms with Crippen molar-refractivity contribution in [2.45, 2.75) is 37.4 Å². The molecule has 0 bridgehead atoms. The number of rotatable bonds is 6. The third kappa shape index (κ3) is 5.03. The standard InChI is InChI=1S/C26H24F3NO3/c1-32-24(31)14-16-5-4-7-19(13-16)33-23-12-10-18(26(27,28)29)15-22(23)25(30)21-11-9-17-6-2-3-8-20(17)21/h2-8,10,12-13,15,21,25H,9,11,14,30H2,1H3/t21?,25-/m0/s1. The third-order valence-electron chi connectivity index (χ3n) is 6.01. The number of esters is 1. The quantitative estimate of drug-likeness (QED) is 0.467. The smallest absolute Gasteiger partial charge is 0.416 e. The molecular weight excluding hydrogens is 431 g/mol. The molecular formula is C26H24F3NO3. The predicted molar refractivity (Wildman–Crippen MR) is 118 cm³/mol. The third-order valence-corrected chi connectivity index (χ3v) is 6.01. The molecule has 3 aromatic carbocycles. The number of halogens is 3. The minimum absolute atomic E-state index is 0.0614. The van der Waals surface area contributed by atoms with Gasteiger partial charge in [0.25, 0.3) is 0 Å². The number of carbonyl (C=O) groups is 1. The number of aryl methyl sites for hydroxylation is 1. The number of alkyl halides is 3. The van der Waals surface area contributed by atoms with E-state index in [9.17, 15) is 18.0 Å². The Hall–Kier alpha value is -3.32. The zero-order chi connectivity index (χ0) is 23.6. The van der Waals surface area contributed by atoms with Crippen LogP contribution in [0.15, 0.2) is 66.7 Å². The second kappa shape index (κ2) is 9.27. The van der Waals surface area contributed by atoms with Gasteiger partial charge in [-0.05, 0) is 59.9 Å². The summed E-state index contributed by atoms with van der Waals surface area (Å²) in [5.41, 5.74) is 9.01. The summed E-state index contributed by atoms with van der Waals surface area (Å²) in [6.45, 7) is 0. The van der Waals surface area contributed by atoms with Gasteiger partial charge in [-0.3, -0.25) is 4.79 Å². The molecule has 0 heterocycles. The van der Waals surface area contributed by atoms with Gasteiger partial charge in [0.05, 0.1) is 19.1 Å². The summed E-state index contributed by atoms with van der Waals surface area (Å²) in [5.74, 6) is 0.147. The zero-order valence-electron chi connectivity index (χ0n) is 18.1. The van der Waals surface area contributed by atoms with Crippen LogP contribution in [0.1, 0.15) is 46.2 Å². The molecule has 1 unspecified atom stereocenters. The zero-order valence-corrected chi connectivity index (χ0v) is 18.1. The summed E-state index contributed by atoms with van der Waals surface area (Å²) in [7, 11) is 1.31. The Morgan fingerprint density at radius 2 is 1.88 bits per heavy atom. The number of ether oxygens (including phenoxy) is 2. The van der Waals surface area contributed by atoms with Crippen LogP contribution in [0.3, 0.4) is 0 Å². The Morgan fingerprint density at radius 3 is 2.64 bits per heavy atom. The van der Waals surface area contributed by atoms with Gasteiger partial charge in [-0.15, -0.1) is 0 Å². The van der Waals surface area contributed by atoms with Gasteiger partial charge >= 0.3 is 12.1 Å². The van der Waals surface area contributed by atoms with E-state index in [0.29, 0.717) is 16.9 Å². The van der Waals surface area contributed by atoms with E-state index in [2.05, 4.69) is 0 Å². The summed E-state index contributed by atoms with van der Waals surface area (Å²) < 4.78 is 51.2. The fourth-order valence-corrected chi connectivity index (χ4v) is 4.34. The van der Waals surface area contributed by atoms with Crippen molar-refractivity contribution in [3.63, 3.8) is 0 Å². The van der Waals surface area contributed by atoms with Gasteiger partial charge in [0, 0.05) is 17.5 Å². The highest BCUT2D eigenvalue weighted by atomic mass is 19.4. The summed E-state index contributed by atoms with van der Waals surface area (Å²) >= 11 is 0. The molecule has 0 radical (unpaired) electrons. The lowest BCUT2D eigenvalue weighted by Crippen LogP contribution is -2.20. The molecule has 1 aliphatic carbocycles. The number of hydrogen-bond acceptors (Lipinski definition) is 4. The number of nitrogens with two attached hydrogens (primary N) is 1. The summed E-state index contributed by atoms with van der Waals surface area (Å²) in [4.78, 5) is 11.6. The van der Waals surface area contributed by atoms with Crippen molar-refractivity contribution in [2.24, 2.45) is 5.73 Å². The first-order valence-corrected chi connectivity index (χ1v) is 10.6. The monoisotopic (exact) mass is 455 g/mol. The summed E-state index contributed by atoms with van der Waals surface area (Å²) in [6.07, 6.45) is -2.85. The first-order valence-electron chi connectivity index (χ1n) is 10.6. The number of benzene rings is 3. The van der Waals surface area contributed by atoms with Crippen molar-refractivity contribution in [3.8, 4) is 11.5 Å². The molecule has 4 nitrogen and oxygen atoms in total. The molecule has 4 rings (SSSR count). The van der Waals surface area contributed by atoms with Crippen LogP contribution in [-0.2, 0) is 28.5 Å². The van der Waals surface area contributed by atoms with Crippen LogP contribution in [0, 0.1) is 0 Å². The first-order chi connectivity index (χ1) is 15.8. The van der Waals surface area contributed by atoms with Crippen LogP contribution in [0.5, 0.6) is 11.5 Å². The van der Waals surface area contributed by atoms with E-state index in [4.69, 9.17) is 15.2 Å². The fraction of sp³-hybridized carbons (Fsp3) is 0.269. The Balaban J connectivity index is 1.69. The summed E-state index contributed by atoms with van der Waals surface area (Å²) in [5, 5.41) is 0. The molecule has 7 heteroatoms. The van der Waals surface area contributed by atoms with Crippen molar-refractivity contribution in [1.82, 2.24) is 0 Å². The lowest BCUT2D eigenvalue weighted by molar-refractivity contribution is -0.140. The SMILES string of the molecule is COC(=O)Cc1cccc(Oc2ccc(C(F)(F)F)cc2[C@@H](N)C2CCc3ccccc32)c1. The van der Waals surface area contributed by atoms with E-state index in [1.165, 1.54) is 18.7 Å². The molecule has 0 saturated carbocycles. The highest BCUT2D eigenvalue weighted by molar-refractivity contribution is 5.72. The highest BCUT2D eigenvalue weighted by Gasteiger charge is 2.34. The van der Waals surface area contributed by atoms with E-state index in [1.807, 2.05) is 24.3 Å². The van der Waals surface area contributed by atoms with E-state index in [-0.39, 0.29) is 18.1 Å². The van der Waals surface area contributed by atoms with Crippen molar-refractivity contribution in [2.75, 3.05) is 7.11 Å². The van der Waals surface area contributed by atoms with Crippen molar-refractivity contribution in [1.29, 1.82) is 0 Å². The average molecular weight is 455 g/mol. The molecule has 0 aliphatic heterocycles. The predicted octanol–water partition coefficient (Wildman–Crippen LogP) is 5.94. The van der Waals surface area contributed by atoms with E-state index < -0.39 is 23.8 Å². The molecule has 2 N–H and O–H groups in total. The minimum Gasteiger partial charge on any atom is -0.469 e. The largest absolute Gasteiger partial charge is 0.469 e. The molecule has 3 aromatic rings. The number of methoxy groups -OCH3 is 1. The topological polar surface area (TPSA) is 61.5 Å². The Labute approximate surface area is 190 Å². The van der Waals surface area contributed by atoms with E-state index >= 15 is 0 Å².